The molecule has 0 heterocycles. The first kappa shape index (κ1) is 13.7. The van der Waals surface area contributed by atoms with Crippen molar-refractivity contribution in [3.63, 3.8) is 0 Å². The van der Waals surface area contributed by atoms with Crippen molar-refractivity contribution in [1.82, 2.24) is 5.32 Å². The van der Waals surface area contributed by atoms with Crippen LogP contribution in [-0.4, -0.2) is 22.5 Å². The molecule has 4 atom stereocenters. The van der Waals surface area contributed by atoms with Gasteiger partial charge in [0.2, 0.25) is 0 Å². The van der Waals surface area contributed by atoms with Crippen molar-refractivity contribution in [2.75, 3.05) is 7.05 Å². The molecule has 1 aliphatic rings. The Morgan fingerprint density at radius 2 is 2.17 bits per heavy atom. The van der Waals surface area contributed by atoms with Crippen LogP contribution < -0.4 is 5.32 Å². The second-order valence-corrected chi connectivity index (χ2v) is 6.78. The van der Waals surface area contributed by atoms with Crippen molar-refractivity contribution < 1.29 is 8.60 Å². The summed E-state index contributed by atoms with van der Waals surface area (Å²) < 4.78 is 25.8. The van der Waals surface area contributed by atoms with Crippen LogP contribution in [0.3, 0.4) is 0 Å². The Morgan fingerprint density at radius 1 is 1.39 bits per heavy atom. The van der Waals surface area contributed by atoms with Crippen molar-refractivity contribution in [2.24, 2.45) is 5.92 Å². The Kier molecular flexibility index (Phi) is 4.51. The lowest BCUT2D eigenvalue weighted by Crippen LogP contribution is -2.44. The van der Waals surface area contributed by atoms with Crippen LogP contribution in [0.5, 0.6) is 0 Å². The standard InChI is InChI=1S/C14H20FNOS/c1-10-6-7-13(16-2)14(8-10)18(17)12-5-3-4-11(15)9-12/h3-5,9-10,13-14,16H,6-8H2,1-2H3. The van der Waals surface area contributed by atoms with Crippen LogP contribution in [-0.2, 0) is 10.8 Å². The molecule has 18 heavy (non-hydrogen) atoms. The van der Waals surface area contributed by atoms with E-state index in [9.17, 15) is 8.60 Å². The minimum absolute atomic E-state index is 0.0838. The molecule has 4 heteroatoms. The average Bonchev–Trinajstić information content (AvgIpc) is 2.38. The monoisotopic (exact) mass is 269 g/mol. The molecule has 0 saturated heterocycles. The van der Waals surface area contributed by atoms with Crippen molar-refractivity contribution in [3.8, 4) is 0 Å². The lowest BCUT2D eigenvalue weighted by molar-refractivity contribution is 0.325. The number of nitrogens with one attached hydrogen (secondary N) is 1. The summed E-state index contributed by atoms with van der Waals surface area (Å²) in [5, 5.41) is 3.34. The van der Waals surface area contributed by atoms with E-state index in [2.05, 4.69) is 12.2 Å². The van der Waals surface area contributed by atoms with E-state index in [-0.39, 0.29) is 17.1 Å². The number of hydrogen-bond acceptors (Lipinski definition) is 2. The quantitative estimate of drug-likeness (QED) is 0.914. The molecule has 2 rings (SSSR count). The normalized spacial score (nSPS) is 30.1. The van der Waals surface area contributed by atoms with Crippen LogP contribution >= 0.6 is 0 Å². The molecule has 0 aromatic heterocycles. The summed E-state index contributed by atoms with van der Waals surface area (Å²) in [5.74, 6) is 0.280. The van der Waals surface area contributed by atoms with E-state index in [1.165, 1.54) is 18.6 Å². The van der Waals surface area contributed by atoms with Crippen LogP contribution in [0.1, 0.15) is 26.2 Å². The van der Waals surface area contributed by atoms with Gasteiger partial charge in [-0.05, 0) is 50.4 Å². The van der Waals surface area contributed by atoms with Gasteiger partial charge in [-0.2, -0.15) is 0 Å². The topological polar surface area (TPSA) is 29.1 Å². The SMILES string of the molecule is CNC1CCC(C)CC1S(=O)c1cccc(F)c1. The predicted octanol–water partition coefficient (Wildman–Crippen LogP) is 2.71. The van der Waals surface area contributed by atoms with Gasteiger partial charge in [-0.1, -0.05) is 13.0 Å². The van der Waals surface area contributed by atoms with Crippen molar-refractivity contribution >= 4 is 10.8 Å². The zero-order chi connectivity index (χ0) is 13.1. The highest BCUT2D eigenvalue weighted by molar-refractivity contribution is 7.85. The largest absolute Gasteiger partial charge is 0.316 e. The molecule has 1 aliphatic carbocycles. The highest BCUT2D eigenvalue weighted by Gasteiger charge is 2.32. The van der Waals surface area contributed by atoms with Gasteiger partial charge in [0.15, 0.2) is 0 Å². The minimum atomic E-state index is -1.13. The summed E-state index contributed by atoms with van der Waals surface area (Å²) >= 11 is 0. The summed E-state index contributed by atoms with van der Waals surface area (Å²) in [7, 11) is 0.780. The summed E-state index contributed by atoms with van der Waals surface area (Å²) in [5.41, 5.74) is 0. The lowest BCUT2D eigenvalue weighted by atomic mass is 9.87. The van der Waals surface area contributed by atoms with Crippen LogP contribution in [0.25, 0.3) is 0 Å². The van der Waals surface area contributed by atoms with Gasteiger partial charge in [-0.25, -0.2) is 4.39 Å². The smallest absolute Gasteiger partial charge is 0.124 e. The molecule has 1 aromatic rings. The molecule has 1 saturated carbocycles. The van der Waals surface area contributed by atoms with Gasteiger partial charge in [0.1, 0.15) is 5.82 Å². The van der Waals surface area contributed by atoms with Crippen LogP contribution in [0.15, 0.2) is 29.2 Å². The van der Waals surface area contributed by atoms with Gasteiger partial charge < -0.3 is 5.32 Å². The Labute approximate surface area is 110 Å². The summed E-state index contributed by atoms with van der Waals surface area (Å²) in [6.45, 7) is 2.20. The third-order valence-corrected chi connectivity index (χ3v) is 5.52. The molecule has 0 spiro atoms. The Balaban J connectivity index is 2.20. The van der Waals surface area contributed by atoms with Gasteiger partial charge in [-0.15, -0.1) is 0 Å². The number of benzene rings is 1. The molecule has 1 fully saturated rings. The van der Waals surface area contributed by atoms with Crippen molar-refractivity contribution in [2.45, 2.75) is 42.4 Å². The van der Waals surface area contributed by atoms with E-state index in [0.717, 1.165) is 12.8 Å². The molecule has 0 aliphatic heterocycles. The number of rotatable bonds is 3. The summed E-state index contributed by atoms with van der Waals surface area (Å²) in [6, 6.07) is 6.43. The summed E-state index contributed by atoms with van der Waals surface area (Å²) in [4.78, 5) is 0.606. The van der Waals surface area contributed by atoms with Crippen LogP contribution in [0, 0.1) is 11.7 Å². The molecule has 100 valence electrons. The fourth-order valence-electron chi connectivity index (χ4n) is 2.66. The van der Waals surface area contributed by atoms with Crippen molar-refractivity contribution in [1.29, 1.82) is 0 Å². The molecular weight excluding hydrogens is 249 g/mol. The number of hydrogen-bond donors (Lipinski definition) is 1. The van der Waals surface area contributed by atoms with E-state index < -0.39 is 10.8 Å². The van der Waals surface area contributed by atoms with Gasteiger partial charge >= 0.3 is 0 Å². The fourth-order valence-corrected chi connectivity index (χ4v) is 4.53. The first-order chi connectivity index (χ1) is 8.61. The maximum Gasteiger partial charge on any atom is 0.124 e. The maximum absolute atomic E-state index is 13.2. The maximum atomic E-state index is 13.2. The first-order valence-electron chi connectivity index (χ1n) is 6.45. The predicted molar refractivity (Wildman–Crippen MR) is 72.5 cm³/mol. The molecule has 1 aromatic carbocycles. The van der Waals surface area contributed by atoms with Gasteiger partial charge in [0.25, 0.3) is 0 Å². The molecule has 0 amide bonds. The molecule has 4 unspecified atom stereocenters. The second-order valence-electron chi connectivity index (χ2n) is 5.11. The zero-order valence-electron chi connectivity index (χ0n) is 10.9. The fraction of sp³-hybridized carbons (Fsp3) is 0.571. The van der Waals surface area contributed by atoms with E-state index in [4.69, 9.17) is 0 Å². The highest BCUT2D eigenvalue weighted by Crippen LogP contribution is 2.30. The molecular formula is C14H20FNOS. The second kappa shape index (κ2) is 5.93. The zero-order valence-corrected chi connectivity index (χ0v) is 11.7. The van der Waals surface area contributed by atoms with E-state index in [0.29, 0.717) is 10.8 Å². The first-order valence-corrected chi connectivity index (χ1v) is 7.66. The Bertz CT molecular complexity index is 438. The van der Waals surface area contributed by atoms with Gasteiger partial charge in [-0.3, -0.25) is 4.21 Å². The lowest BCUT2D eigenvalue weighted by Gasteiger charge is -2.34. The molecule has 1 N–H and O–H groups in total. The Morgan fingerprint density at radius 3 is 2.83 bits per heavy atom. The van der Waals surface area contributed by atoms with E-state index in [1.54, 1.807) is 12.1 Å². The van der Waals surface area contributed by atoms with E-state index in [1.807, 2.05) is 7.05 Å². The summed E-state index contributed by atoms with van der Waals surface area (Å²) in [6.07, 6.45) is 3.15. The van der Waals surface area contributed by atoms with Gasteiger partial charge in [0.05, 0.1) is 16.0 Å². The molecule has 0 bridgehead atoms. The Hall–Kier alpha value is -0.740. The van der Waals surface area contributed by atoms with E-state index >= 15 is 0 Å². The third kappa shape index (κ3) is 2.98. The third-order valence-electron chi connectivity index (χ3n) is 3.73. The minimum Gasteiger partial charge on any atom is -0.316 e. The van der Waals surface area contributed by atoms with Gasteiger partial charge in [0, 0.05) is 10.9 Å². The molecule has 0 radical (unpaired) electrons. The van der Waals surface area contributed by atoms with Crippen LogP contribution in [0.4, 0.5) is 4.39 Å². The average molecular weight is 269 g/mol. The number of halogens is 1. The highest BCUT2D eigenvalue weighted by atomic mass is 32.2. The molecule has 2 nitrogen and oxygen atoms in total. The van der Waals surface area contributed by atoms with Crippen LogP contribution in [0.2, 0.25) is 0 Å². The van der Waals surface area contributed by atoms with Crippen molar-refractivity contribution in [3.05, 3.63) is 30.1 Å².